The monoisotopic (exact) mass is 855 g/mol. The fourth-order valence-corrected chi connectivity index (χ4v) is 9.08. The van der Waals surface area contributed by atoms with Crippen molar-refractivity contribution < 1.29 is 5.11 Å². The van der Waals surface area contributed by atoms with Crippen LogP contribution in [0.25, 0.3) is 95.0 Å². The van der Waals surface area contributed by atoms with Gasteiger partial charge in [-0.05, 0) is 109 Å². The normalized spacial score (nSPS) is 11.8. The van der Waals surface area contributed by atoms with E-state index in [1.165, 1.54) is 11.1 Å². The second-order valence-electron chi connectivity index (χ2n) is 19.3. The van der Waals surface area contributed by atoms with Gasteiger partial charge in [-0.15, -0.1) is 0 Å². The van der Waals surface area contributed by atoms with Crippen molar-refractivity contribution in [1.29, 1.82) is 0 Å². The highest BCUT2D eigenvalue weighted by Gasteiger charge is 2.29. The second-order valence-corrected chi connectivity index (χ2v) is 19.3. The highest BCUT2D eigenvalue weighted by atomic mass is 16.3. The smallest absolute Gasteiger partial charge is 0.149 e. The molecule has 10 aromatic rings. The number of pyridine rings is 1. The number of fused-ring (bicyclic) bond motifs is 1. The topological polar surface area (TPSA) is 50.9 Å². The van der Waals surface area contributed by atoms with Crippen LogP contribution in [0.15, 0.2) is 206 Å². The number of aromatic hydroxyl groups is 1. The van der Waals surface area contributed by atoms with Crippen LogP contribution in [0.5, 0.6) is 5.75 Å². The van der Waals surface area contributed by atoms with Crippen molar-refractivity contribution in [3.8, 4) is 89.7 Å². The summed E-state index contributed by atoms with van der Waals surface area (Å²) >= 11 is 0. The second kappa shape index (κ2) is 17.0. The van der Waals surface area contributed by atoms with Crippen molar-refractivity contribution in [3.63, 3.8) is 0 Å². The molecule has 8 aromatic carbocycles. The first kappa shape index (κ1) is 42.1. The molecule has 1 N–H and O–H groups in total. The minimum absolute atomic E-state index is 0.183. The average Bonchev–Trinajstić information content (AvgIpc) is 3.73. The van der Waals surface area contributed by atoms with Gasteiger partial charge in [0.05, 0.1) is 28.0 Å². The molecule has 0 amide bonds. The first-order valence-corrected chi connectivity index (χ1v) is 22.8. The molecule has 0 fully saturated rings. The molecule has 0 saturated heterocycles. The van der Waals surface area contributed by atoms with Gasteiger partial charge >= 0.3 is 0 Å². The van der Waals surface area contributed by atoms with Crippen LogP contribution in [0, 0.1) is 0 Å². The van der Waals surface area contributed by atoms with Crippen molar-refractivity contribution >= 4 is 11.0 Å². The molecule has 0 unspecified atom stereocenters. The number of hydrogen-bond donors (Lipinski definition) is 1. The molecule has 10 rings (SSSR count). The SMILES string of the molecule is CC(C)(C)c1cc(-c2nc3c(-c4cc(-c5ccccc5)cc(-c5cc(-c6ccc(-c7ccccc7)cc6)ccn5)c4)cccc3n2-c2ccccc2-c2ccccc2)c(O)c(C(C)(C)C)c1. The minimum Gasteiger partial charge on any atom is -0.507 e. The zero-order valence-corrected chi connectivity index (χ0v) is 38.4. The molecule has 4 heteroatoms. The highest BCUT2D eigenvalue weighted by molar-refractivity contribution is 5.98. The third-order valence-corrected chi connectivity index (χ3v) is 12.7. The van der Waals surface area contributed by atoms with E-state index in [2.05, 4.69) is 234 Å². The minimum atomic E-state index is -0.324. The molecule has 0 aliphatic rings. The fraction of sp³-hybridized carbons (Fsp3) is 0.129. The first-order chi connectivity index (χ1) is 31.9. The van der Waals surface area contributed by atoms with Crippen molar-refractivity contribution in [3.05, 3.63) is 218 Å². The Morgan fingerprint density at radius 3 is 1.61 bits per heavy atom. The van der Waals surface area contributed by atoms with E-state index < -0.39 is 0 Å². The Kier molecular flexibility index (Phi) is 10.8. The standard InChI is InChI=1S/C62H53N3O/c1-61(2,3)50-39-53(59(66)54(40-50)62(4,5)6)60-64-58-52(26-18-28-57(58)65(60)56-27-17-16-25-51(56)45-23-14-9-15-24-45)48-35-47(42-21-12-8-13-22-42)36-49(37-48)55-38-46(33-34-63-55)44-31-29-43(30-32-44)41-19-10-7-11-20-41/h7-40,66H,1-6H3. The van der Waals surface area contributed by atoms with Gasteiger partial charge in [0.25, 0.3) is 0 Å². The van der Waals surface area contributed by atoms with Crippen LogP contribution in [-0.2, 0) is 10.8 Å². The van der Waals surface area contributed by atoms with E-state index >= 15 is 0 Å². The molecule has 2 aromatic heterocycles. The predicted octanol–water partition coefficient (Wildman–Crippen LogP) is 16.4. The van der Waals surface area contributed by atoms with Crippen LogP contribution in [-0.4, -0.2) is 19.6 Å². The molecule has 0 atom stereocenters. The van der Waals surface area contributed by atoms with E-state index in [9.17, 15) is 5.11 Å². The number of benzene rings is 8. The molecule has 322 valence electrons. The molecular formula is C62H53N3O. The molecule has 0 bridgehead atoms. The van der Waals surface area contributed by atoms with Crippen LogP contribution >= 0.6 is 0 Å². The van der Waals surface area contributed by atoms with Gasteiger partial charge in [0.2, 0.25) is 0 Å². The summed E-state index contributed by atoms with van der Waals surface area (Å²) in [4.78, 5) is 10.6. The summed E-state index contributed by atoms with van der Waals surface area (Å²) in [5.41, 5.74) is 17.8. The summed E-state index contributed by atoms with van der Waals surface area (Å²) in [6.45, 7) is 13.2. The van der Waals surface area contributed by atoms with Gasteiger partial charge in [-0.2, -0.15) is 0 Å². The number of phenols is 1. The van der Waals surface area contributed by atoms with Crippen LogP contribution in [0.3, 0.4) is 0 Å². The lowest BCUT2D eigenvalue weighted by Gasteiger charge is -2.27. The van der Waals surface area contributed by atoms with E-state index in [-0.39, 0.29) is 16.6 Å². The van der Waals surface area contributed by atoms with Crippen LogP contribution in [0.4, 0.5) is 0 Å². The number of imidazole rings is 1. The van der Waals surface area contributed by atoms with E-state index in [0.717, 1.165) is 83.6 Å². The van der Waals surface area contributed by atoms with Crippen molar-refractivity contribution in [2.75, 3.05) is 0 Å². The molecule has 0 spiro atoms. The lowest BCUT2D eigenvalue weighted by Crippen LogP contribution is -2.17. The summed E-state index contributed by atoms with van der Waals surface area (Å²) in [5.74, 6) is 0.932. The van der Waals surface area contributed by atoms with Crippen molar-refractivity contribution in [2.45, 2.75) is 52.4 Å². The summed E-state index contributed by atoms with van der Waals surface area (Å²) in [7, 11) is 0. The number of hydrogen-bond acceptors (Lipinski definition) is 3. The number of phenolic OH excluding ortho intramolecular Hbond substituents is 1. The fourth-order valence-electron chi connectivity index (χ4n) is 9.08. The van der Waals surface area contributed by atoms with E-state index in [1.54, 1.807) is 0 Å². The molecule has 4 nitrogen and oxygen atoms in total. The van der Waals surface area contributed by atoms with Gasteiger partial charge in [-0.1, -0.05) is 193 Å². The number of para-hydroxylation sites is 2. The Bertz CT molecular complexity index is 3350. The third kappa shape index (κ3) is 8.12. The molecule has 66 heavy (non-hydrogen) atoms. The molecule has 0 aliphatic heterocycles. The Hall–Kier alpha value is -7.82. The Morgan fingerprint density at radius 2 is 0.955 bits per heavy atom. The quantitative estimate of drug-likeness (QED) is 0.166. The molecule has 0 radical (unpaired) electrons. The molecular weight excluding hydrogens is 803 g/mol. The number of aromatic nitrogens is 3. The molecule has 0 saturated carbocycles. The van der Waals surface area contributed by atoms with Crippen molar-refractivity contribution in [2.24, 2.45) is 0 Å². The predicted molar refractivity (Wildman–Crippen MR) is 276 cm³/mol. The summed E-state index contributed by atoms with van der Waals surface area (Å²) in [5, 5.41) is 12.5. The summed E-state index contributed by atoms with van der Waals surface area (Å²) < 4.78 is 2.26. The van der Waals surface area contributed by atoms with Gasteiger partial charge in [-0.25, -0.2) is 4.98 Å². The molecule has 2 heterocycles. The van der Waals surface area contributed by atoms with Gasteiger partial charge in [0.15, 0.2) is 0 Å². The van der Waals surface area contributed by atoms with Gasteiger partial charge < -0.3 is 5.11 Å². The summed E-state index contributed by atoms with van der Waals surface area (Å²) in [6, 6.07) is 70.6. The maximum Gasteiger partial charge on any atom is 0.149 e. The lowest BCUT2D eigenvalue weighted by atomic mass is 9.79. The Labute approximate surface area is 388 Å². The third-order valence-electron chi connectivity index (χ3n) is 12.7. The Morgan fingerprint density at radius 1 is 0.409 bits per heavy atom. The highest BCUT2D eigenvalue weighted by Crippen LogP contribution is 2.46. The zero-order valence-electron chi connectivity index (χ0n) is 38.4. The number of rotatable bonds is 8. The maximum absolute atomic E-state index is 12.5. The van der Waals surface area contributed by atoms with Gasteiger partial charge in [0, 0.05) is 28.5 Å². The van der Waals surface area contributed by atoms with E-state index in [1.807, 2.05) is 18.3 Å². The average molecular weight is 856 g/mol. The zero-order chi connectivity index (χ0) is 45.6. The van der Waals surface area contributed by atoms with Gasteiger partial charge in [-0.3, -0.25) is 9.55 Å². The van der Waals surface area contributed by atoms with Crippen LogP contribution in [0.1, 0.15) is 52.7 Å². The molecule has 0 aliphatic carbocycles. The van der Waals surface area contributed by atoms with Crippen LogP contribution < -0.4 is 0 Å². The number of nitrogens with zero attached hydrogens (tertiary/aromatic N) is 3. The summed E-state index contributed by atoms with van der Waals surface area (Å²) in [6.07, 6.45) is 1.91. The largest absolute Gasteiger partial charge is 0.507 e. The maximum atomic E-state index is 12.5. The first-order valence-electron chi connectivity index (χ1n) is 22.8. The van der Waals surface area contributed by atoms with E-state index in [4.69, 9.17) is 9.97 Å². The van der Waals surface area contributed by atoms with Crippen molar-refractivity contribution in [1.82, 2.24) is 14.5 Å². The Balaban J connectivity index is 1.20. The lowest BCUT2D eigenvalue weighted by molar-refractivity contribution is 0.446. The van der Waals surface area contributed by atoms with Crippen LogP contribution in [0.2, 0.25) is 0 Å². The van der Waals surface area contributed by atoms with E-state index in [0.29, 0.717) is 11.4 Å². The van der Waals surface area contributed by atoms with Gasteiger partial charge in [0.1, 0.15) is 11.6 Å².